The van der Waals surface area contributed by atoms with Crippen molar-refractivity contribution in [1.29, 1.82) is 0 Å². The highest BCUT2D eigenvalue weighted by Crippen LogP contribution is 2.71. The maximum atomic E-state index is 12.3. The lowest BCUT2D eigenvalue weighted by atomic mass is 9.83. The summed E-state index contributed by atoms with van der Waals surface area (Å²) >= 11 is 0. The Labute approximate surface area is 106 Å². The van der Waals surface area contributed by atoms with Crippen molar-refractivity contribution in [2.75, 3.05) is 0 Å². The Hall–Kier alpha value is -0.920. The molecule has 0 unspecified atom stereocenters. The van der Waals surface area contributed by atoms with Crippen LogP contribution in [0.2, 0.25) is 0 Å². The predicted octanol–water partition coefficient (Wildman–Crippen LogP) is 1.99. The summed E-state index contributed by atoms with van der Waals surface area (Å²) in [5.41, 5.74) is 3.05. The van der Waals surface area contributed by atoms with Gasteiger partial charge in [0, 0.05) is 23.7 Å². The van der Waals surface area contributed by atoms with E-state index in [1.807, 2.05) is 0 Å². The summed E-state index contributed by atoms with van der Waals surface area (Å²) in [7, 11) is 0. The van der Waals surface area contributed by atoms with Crippen LogP contribution in [0.25, 0.3) is 0 Å². The lowest BCUT2D eigenvalue weighted by Gasteiger charge is -2.20. The second-order valence-corrected chi connectivity index (χ2v) is 7.56. The standard InChI is InChI=1S/C16H16O2/c17-15-9-3-5-1-7(9)13(11(5)15)14-8-2-6-4-10(8)16(18)12(6)14/h5-12H,1-4H2/b14-13+/t5-,6+,7+,8-,9-,10+,11+,12-. The number of rotatable bonds is 0. The summed E-state index contributed by atoms with van der Waals surface area (Å²) in [5, 5.41) is 0. The first-order chi connectivity index (χ1) is 8.75. The molecule has 8 aliphatic carbocycles. The van der Waals surface area contributed by atoms with Gasteiger partial charge in [-0.1, -0.05) is 11.1 Å². The number of Topliss-reactive ketones (excluding diaryl/α,β-unsaturated/α-hetero) is 2. The van der Waals surface area contributed by atoms with Gasteiger partial charge in [-0.25, -0.2) is 0 Å². The zero-order chi connectivity index (χ0) is 11.8. The molecule has 0 N–H and O–H groups in total. The highest BCUT2D eigenvalue weighted by molar-refractivity contribution is 5.98. The molecule has 8 rings (SSSR count). The third-order valence-electron chi connectivity index (χ3n) is 7.29. The van der Waals surface area contributed by atoms with Crippen molar-refractivity contribution in [1.82, 2.24) is 0 Å². The smallest absolute Gasteiger partial charge is 0.143 e. The Morgan fingerprint density at radius 3 is 1.28 bits per heavy atom. The topological polar surface area (TPSA) is 34.1 Å². The van der Waals surface area contributed by atoms with Crippen LogP contribution in [0.3, 0.4) is 0 Å². The van der Waals surface area contributed by atoms with Gasteiger partial charge in [-0.3, -0.25) is 9.59 Å². The SMILES string of the molecule is O=C1[C@@H]2/C(=C3\[C@@H]4C[C@H]5C[C@@H]4C(=O)[C@@H]35)[C@H]3C[C@@H]2C[C@@H]13. The van der Waals surface area contributed by atoms with Gasteiger partial charge >= 0.3 is 0 Å². The minimum atomic E-state index is 0.281. The van der Waals surface area contributed by atoms with Crippen LogP contribution in [0.4, 0.5) is 0 Å². The van der Waals surface area contributed by atoms with E-state index in [1.54, 1.807) is 0 Å². The molecule has 0 aromatic rings. The fourth-order valence-corrected chi connectivity index (χ4v) is 7.00. The maximum absolute atomic E-state index is 12.3. The molecule has 0 aromatic heterocycles. The quantitative estimate of drug-likeness (QED) is 0.607. The van der Waals surface area contributed by atoms with Crippen molar-refractivity contribution < 1.29 is 9.59 Å². The molecule has 0 radical (unpaired) electrons. The van der Waals surface area contributed by atoms with Crippen molar-refractivity contribution in [2.45, 2.75) is 25.7 Å². The van der Waals surface area contributed by atoms with Gasteiger partial charge in [-0.05, 0) is 49.4 Å². The molecule has 0 saturated heterocycles. The van der Waals surface area contributed by atoms with Crippen LogP contribution in [0.15, 0.2) is 11.1 Å². The van der Waals surface area contributed by atoms with E-state index in [4.69, 9.17) is 0 Å². The van der Waals surface area contributed by atoms with E-state index in [0.717, 1.165) is 0 Å². The van der Waals surface area contributed by atoms with E-state index < -0.39 is 0 Å². The number of carbonyl (C=O) groups is 2. The summed E-state index contributed by atoms with van der Waals surface area (Å²) in [6, 6.07) is 0. The molecule has 8 fully saturated rings. The molecule has 8 saturated carbocycles. The summed E-state index contributed by atoms with van der Waals surface area (Å²) in [4.78, 5) is 24.5. The normalized spacial score (nSPS) is 65.6. The number of hydrogen-bond acceptors (Lipinski definition) is 2. The number of hydrogen-bond donors (Lipinski definition) is 0. The molecular weight excluding hydrogens is 224 g/mol. The first-order valence-corrected chi connectivity index (χ1v) is 7.57. The van der Waals surface area contributed by atoms with Gasteiger partial charge in [0.25, 0.3) is 0 Å². The van der Waals surface area contributed by atoms with Gasteiger partial charge in [0.1, 0.15) is 11.6 Å². The summed E-state index contributed by atoms with van der Waals surface area (Å²) < 4.78 is 0. The minimum Gasteiger partial charge on any atom is -0.299 e. The van der Waals surface area contributed by atoms with Crippen molar-refractivity contribution in [3.63, 3.8) is 0 Å². The second-order valence-electron chi connectivity index (χ2n) is 7.56. The van der Waals surface area contributed by atoms with Crippen LogP contribution in [0.5, 0.6) is 0 Å². The van der Waals surface area contributed by atoms with Crippen molar-refractivity contribution in [2.24, 2.45) is 47.3 Å². The van der Waals surface area contributed by atoms with Gasteiger partial charge in [-0.2, -0.15) is 0 Å². The molecular formula is C16H16O2. The molecule has 2 heteroatoms. The predicted molar refractivity (Wildman–Crippen MR) is 63.4 cm³/mol. The fourth-order valence-electron chi connectivity index (χ4n) is 7.00. The largest absolute Gasteiger partial charge is 0.299 e. The van der Waals surface area contributed by atoms with Crippen molar-refractivity contribution >= 4 is 11.6 Å². The van der Waals surface area contributed by atoms with E-state index in [9.17, 15) is 9.59 Å². The van der Waals surface area contributed by atoms with E-state index >= 15 is 0 Å². The lowest BCUT2D eigenvalue weighted by Crippen LogP contribution is -2.14. The maximum Gasteiger partial charge on any atom is 0.143 e. The number of allylic oxidation sites excluding steroid dienone is 2. The van der Waals surface area contributed by atoms with Gasteiger partial charge in [0.2, 0.25) is 0 Å². The third-order valence-corrected chi connectivity index (χ3v) is 7.29. The van der Waals surface area contributed by atoms with Crippen LogP contribution in [0, 0.1) is 47.3 Å². The van der Waals surface area contributed by atoms with Crippen molar-refractivity contribution in [3.05, 3.63) is 11.1 Å². The average Bonchev–Trinajstić information content (AvgIpc) is 3.13. The molecule has 0 amide bonds. The second kappa shape index (κ2) is 2.39. The van der Waals surface area contributed by atoms with Crippen LogP contribution in [-0.4, -0.2) is 11.6 Å². The summed E-state index contributed by atoms with van der Waals surface area (Å²) in [6.45, 7) is 0. The molecule has 0 spiro atoms. The highest BCUT2D eigenvalue weighted by atomic mass is 16.1. The fraction of sp³-hybridized carbons (Fsp3) is 0.750. The zero-order valence-corrected chi connectivity index (χ0v) is 10.3. The first-order valence-electron chi connectivity index (χ1n) is 7.57. The van der Waals surface area contributed by atoms with E-state index in [2.05, 4.69) is 0 Å². The van der Waals surface area contributed by atoms with Gasteiger partial charge in [0.15, 0.2) is 0 Å². The van der Waals surface area contributed by atoms with Crippen LogP contribution in [-0.2, 0) is 9.59 Å². The number of ketones is 2. The summed E-state index contributed by atoms with van der Waals surface area (Å²) in [6.07, 6.45) is 4.87. The van der Waals surface area contributed by atoms with Crippen LogP contribution < -0.4 is 0 Å². The highest BCUT2D eigenvalue weighted by Gasteiger charge is 2.69. The Morgan fingerprint density at radius 2 is 1.00 bits per heavy atom. The minimum absolute atomic E-state index is 0.281. The molecule has 0 aromatic carbocycles. The van der Waals surface area contributed by atoms with E-state index in [0.29, 0.717) is 47.1 Å². The first kappa shape index (κ1) is 9.06. The molecule has 8 atom stereocenters. The number of carbonyl (C=O) groups excluding carboxylic acids is 2. The molecule has 8 bridgehead atoms. The third kappa shape index (κ3) is 0.664. The van der Waals surface area contributed by atoms with E-state index in [-0.39, 0.29) is 11.8 Å². The van der Waals surface area contributed by atoms with Crippen LogP contribution >= 0.6 is 0 Å². The Balaban J connectivity index is 1.60. The van der Waals surface area contributed by atoms with Gasteiger partial charge in [0.05, 0.1) is 0 Å². The lowest BCUT2D eigenvalue weighted by molar-refractivity contribution is -0.123. The monoisotopic (exact) mass is 240 g/mol. The van der Waals surface area contributed by atoms with Gasteiger partial charge < -0.3 is 0 Å². The molecule has 8 aliphatic rings. The Morgan fingerprint density at radius 1 is 0.611 bits per heavy atom. The van der Waals surface area contributed by atoms with E-state index in [1.165, 1.54) is 36.8 Å². The van der Waals surface area contributed by atoms with Crippen molar-refractivity contribution in [3.8, 4) is 0 Å². The Bertz CT molecular complexity index is 522. The average molecular weight is 240 g/mol. The summed E-state index contributed by atoms with van der Waals surface area (Å²) in [5.74, 6) is 4.89. The Kier molecular flexibility index (Phi) is 1.20. The molecule has 0 aliphatic heterocycles. The molecule has 0 heterocycles. The van der Waals surface area contributed by atoms with Gasteiger partial charge in [-0.15, -0.1) is 0 Å². The molecule has 92 valence electrons. The zero-order valence-electron chi connectivity index (χ0n) is 10.3. The molecule has 2 nitrogen and oxygen atoms in total. The molecule has 18 heavy (non-hydrogen) atoms. The van der Waals surface area contributed by atoms with Crippen LogP contribution in [0.1, 0.15) is 25.7 Å².